The molecule has 3 N–H and O–H groups in total. The first-order chi connectivity index (χ1) is 12.1. The van der Waals surface area contributed by atoms with E-state index in [-0.39, 0.29) is 11.9 Å². The van der Waals surface area contributed by atoms with Crippen LogP contribution in [0.2, 0.25) is 0 Å². The van der Waals surface area contributed by atoms with Crippen molar-refractivity contribution in [3.8, 4) is 0 Å². The number of hydrogen-bond acceptors (Lipinski definition) is 4. The highest BCUT2D eigenvalue weighted by atomic mass is 16.5. The lowest BCUT2D eigenvalue weighted by molar-refractivity contribution is -0.131. The van der Waals surface area contributed by atoms with Crippen molar-refractivity contribution in [3.63, 3.8) is 0 Å². The van der Waals surface area contributed by atoms with Gasteiger partial charge in [-0.1, -0.05) is 18.2 Å². The average Bonchev–Trinajstić information content (AvgIpc) is 2.62. The Morgan fingerprint density at radius 2 is 1.96 bits per heavy atom. The summed E-state index contributed by atoms with van der Waals surface area (Å²) >= 11 is 0. The van der Waals surface area contributed by atoms with Crippen molar-refractivity contribution in [1.82, 2.24) is 10.2 Å². The number of nitrogens with zero attached hydrogens (tertiary/aromatic N) is 3. The number of anilines is 1. The van der Waals surface area contributed by atoms with Gasteiger partial charge in [0.05, 0.1) is 13.2 Å². The number of carbonyl (C=O) groups is 1. The van der Waals surface area contributed by atoms with Crippen molar-refractivity contribution in [1.29, 1.82) is 0 Å². The van der Waals surface area contributed by atoms with E-state index in [1.54, 1.807) is 7.11 Å². The van der Waals surface area contributed by atoms with Gasteiger partial charge in [0.2, 0.25) is 5.91 Å². The number of carbonyl (C=O) groups excluding carboxylic acids is 1. The molecule has 1 unspecified atom stereocenters. The highest BCUT2D eigenvalue weighted by Gasteiger charge is 2.20. The lowest BCUT2D eigenvalue weighted by Gasteiger charge is -2.36. The predicted octanol–water partition coefficient (Wildman–Crippen LogP) is 0.665. The molecule has 0 aliphatic carbocycles. The summed E-state index contributed by atoms with van der Waals surface area (Å²) in [7, 11) is 1.64. The number of nitrogens with two attached hydrogens (primary N) is 1. The maximum atomic E-state index is 12.3. The Kier molecular flexibility index (Phi) is 7.53. The fourth-order valence-corrected chi connectivity index (χ4v) is 2.87. The van der Waals surface area contributed by atoms with Gasteiger partial charge in [-0.25, -0.2) is 0 Å². The number of piperazine rings is 1. The Labute approximate surface area is 149 Å². The molecule has 2 rings (SSSR count). The third kappa shape index (κ3) is 6.26. The summed E-state index contributed by atoms with van der Waals surface area (Å²) in [6.45, 7) is 6.13. The number of guanidine groups is 1. The van der Waals surface area contributed by atoms with Crippen molar-refractivity contribution in [2.24, 2.45) is 10.7 Å². The number of benzene rings is 1. The second-order valence-electron chi connectivity index (χ2n) is 6.22. The number of para-hydroxylation sites is 1. The number of amides is 1. The first-order valence-corrected chi connectivity index (χ1v) is 8.73. The van der Waals surface area contributed by atoms with E-state index in [1.807, 2.05) is 30.0 Å². The van der Waals surface area contributed by atoms with Gasteiger partial charge >= 0.3 is 0 Å². The van der Waals surface area contributed by atoms with Crippen molar-refractivity contribution in [3.05, 3.63) is 30.3 Å². The SMILES string of the molecule is COCC(C)NC(N)=NCCC(=O)N1CCN(c2ccccc2)CC1. The number of rotatable bonds is 7. The normalized spacial score (nSPS) is 16.6. The molecule has 0 aromatic heterocycles. The molecule has 138 valence electrons. The Morgan fingerprint density at radius 1 is 1.28 bits per heavy atom. The minimum absolute atomic E-state index is 0.0931. The zero-order valence-corrected chi connectivity index (χ0v) is 15.1. The van der Waals surface area contributed by atoms with Crippen LogP contribution in [0.1, 0.15) is 13.3 Å². The van der Waals surface area contributed by atoms with Crippen molar-refractivity contribution in [2.45, 2.75) is 19.4 Å². The summed E-state index contributed by atoms with van der Waals surface area (Å²) in [6.07, 6.45) is 0.381. The molecule has 1 atom stereocenters. The topological polar surface area (TPSA) is 83.2 Å². The molecule has 1 heterocycles. The van der Waals surface area contributed by atoms with Gasteiger partial charge in [0.25, 0.3) is 0 Å². The van der Waals surface area contributed by atoms with Gasteiger partial charge in [0.15, 0.2) is 5.96 Å². The van der Waals surface area contributed by atoms with E-state index < -0.39 is 0 Å². The van der Waals surface area contributed by atoms with E-state index >= 15 is 0 Å². The first-order valence-electron chi connectivity index (χ1n) is 8.73. The Hall–Kier alpha value is -2.28. The van der Waals surface area contributed by atoms with Crippen LogP contribution >= 0.6 is 0 Å². The lowest BCUT2D eigenvalue weighted by Crippen LogP contribution is -2.49. The fourth-order valence-electron chi connectivity index (χ4n) is 2.87. The Morgan fingerprint density at radius 3 is 2.60 bits per heavy atom. The van der Waals surface area contributed by atoms with Gasteiger partial charge in [-0.3, -0.25) is 9.79 Å². The van der Waals surface area contributed by atoms with Gasteiger partial charge in [0.1, 0.15) is 0 Å². The quantitative estimate of drug-likeness (QED) is 0.559. The highest BCUT2D eigenvalue weighted by molar-refractivity contribution is 5.79. The van der Waals surface area contributed by atoms with Crippen LogP contribution in [0.4, 0.5) is 5.69 Å². The van der Waals surface area contributed by atoms with Crippen LogP contribution in [-0.4, -0.2) is 69.2 Å². The molecule has 7 heteroatoms. The van der Waals surface area contributed by atoms with E-state index in [9.17, 15) is 4.79 Å². The molecule has 1 aliphatic rings. The molecule has 25 heavy (non-hydrogen) atoms. The van der Waals surface area contributed by atoms with Gasteiger partial charge < -0.3 is 25.6 Å². The summed E-state index contributed by atoms with van der Waals surface area (Å²) in [5.74, 6) is 0.487. The average molecular weight is 347 g/mol. The van der Waals surface area contributed by atoms with Gasteiger partial charge in [-0.05, 0) is 19.1 Å². The molecule has 1 aliphatic heterocycles. The zero-order valence-electron chi connectivity index (χ0n) is 15.1. The summed E-state index contributed by atoms with van der Waals surface area (Å²) in [6, 6.07) is 10.4. The molecule has 7 nitrogen and oxygen atoms in total. The van der Waals surface area contributed by atoms with Gasteiger partial charge in [0, 0.05) is 51.4 Å². The molecule has 0 spiro atoms. The molecule has 1 fully saturated rings. The van der Waals surface area contributed by atoms with Crippen molar-refractivity contribution < 1.29 is 9.53 Å². The number of methoxy groups -OCH3 is 1. The second-order valence-corrected chi connectivity index (χ2v) is 6.22. The standard InChI is InChI=1S/C18H29N5O2/c1-15(14-25-2)21-18(19)20-9-8-17(24)23-12-10-22(11-13-23)16-6-4-3-5-7-16/h3-7,15H,8-14H2,1-2H3,(H3,19,20,21). The number of aliphatic imine (C=N–C) groups is 1. The lowest BCUT2D eigenvalue weighted by atomic mass is 10.2. The third-order valence-electron chi connectivity index (χ3n) is 4.17. The van der Waals surface area contributed by atoms with Crippen molar-refractivity contribution >= 4 is 17.6 Å². The molecular weight excluding hydrogens is 318 g/mol. The maximum absolute atomic E-state index is 12.3. The molecule has 0 saturated carbocycles. The maximum Gasteiger partial charge on any atom is 0.224 e. The number of nitrogens with one attached hydrogen (secondary N) is 1. The Balaban J connectivity index is 1.70. The Bertz CT molecular complexity index is 556. The van der Waals surface area contributed by atoms with E-state index in [0.717, 1.165) is 26.2 Å². The fraction of sp³-hybridized carbons (Fsp3) is 0.556. The molecular formula is C18H29N5O2. The second kappa shape index (κ2) is 9.88. The van der Waals surface area contributed by atoms with Crippen LogP contribution in [0.15, 0.2) is 35.3 Å². The molecule has 1 aromatic rings. The summed E-state index contributed by atoms with van der Waals surface area (Å²) in [5.41, 5.74) is 7.02. The smallest absolute Gasteiger partial charge is 0.224 e. The minimum Gasteiger partial charge on any atom is -0.383 e. The zero-order chi connectivity index (χ0) is 18.1. The van der Waals surface area contributed by atoms with E-state index in [1.165, 1.54) is 5.69 Å². The minimum atomic E-state index is 0.0931. The van der Waals surface area contributed by atoms with Crippen LogP contribution < -0.4 is 16.0 Å². The van der Waals surface area contributed by atoms with E-state index in [4.69, 9.17) is 10.5 Å². The number of hydrogen-bond donors (Lipinski definition) is 2. The van der Waals surface area contributed by atoms with Gasteiger partial charge in [-0.2, -0.15) is 0 Å². The largest absolute Gasteiger partial charge is 0.383 e. The van der Waals surface area contributed by atoms with E-state index in [0.29, 0.717) is 25.5 Å². The highest BCUT2D eigenvalue weighted by Crippen LogP contribution is 2.15. The molecule has 1 aromatic carbocycles. The molecule has 1 saturated heterocycles. The van der Waals surface area contributed by atoms with Crippen LogP contribution in [0.5, 0.6) is 0 Å². The first kappa shape index (κ1) is 19.1. The molecule has 0 bridgehead atoms. The van der Waals surface area contributed by atoms with Crippen LogP contribution in [-0.2, 0) is 9.53 Å². The van der Waals surface area contributed by atoms with Gasteiger partial charge in [-0.15, -0.1) is 0 Å². The van der Waals surface area contributed by atoms with Crippen LogP contribution in [0.3, 0.4) is 0 Å². The number of ether oxygens (including phenoxy) is 1. The van der Waals surface area contributed by atoms with Crippen LogP contribution in [0, 0.1) is 0 Å². The van der Waals surface area contributed by atoms with Crippen molar-refractivity contribution in [2.75, 3.05) is 51.3 Å². The third-order valence-corrected chi connectivity index (χ3v) is 4.17. The van der Waals surface area contributed by atoms with Crippen LogP contribution in [0.25, 0.3) is 0 Å². The summed E-state index contributed by atoms with van der Waals surface area (Å²) in [4.78, 5) is 20.7. The summed E-state index contributed by atoms with van der Waals surface area (Å²) in [5, 5.41) is 3.03. The predicted molar refractivity (Wildman–Crippen MR) is 101 cm³/mol. The molecule has 0 radical (unpaired) electrons. The molecule has 1 amide bonds. The monoisotopic (exact) mass is 347 g/mol. The summed E-state index contributed by atoms with van der Waals surface area (Å²) < 4.78 is 5.03. The van der Waals surface area contributed by atoms with E-state index in [2.05, 4.69) is 27.3 Å².